The van der Waals surface area contributed by atoms with Crippen LogP contribution in [0.15, 0.2) is 12.3 Å². The van der Waals surface area contributed by atoms with Crippen molar-refractivity contribution in [3.63, 3.8) is 0 Å². The number of aromatic nitrogens is 5. The number of rotatable bonds is 3. The molecule has 3 heterocycles. The van der Waals surface area contributed by atoms with Crippen molar-refractivity contribution in [2.24, 2.45) is 7.05 Å². The van der Waals surface area contributed by atoms with E-state index < -0.39 is 5.60 Å². The van der Waals surface area contributed by atoms with E-state index in [2.05, 4.69) is 20.3 Å². The summed E-state index contributed by atoms with van der Waals surface area (Å²) in [6.07, 6.45) is 3.86. The molecule has 0 atom stereocenters. The number of nitrogens with zero attached hydrogens (tertiary/aromatic N) is 6. The van der Waals surface area contributed by atoms with Crippen molar-refractivity contribution in [3.8, 4) is 0 Å². The van der Waals surface area contributed by atoms with Crippen LogP contribution in [-0.2, 0) is 12.6 Å². The largest absolute Gasteiger partial charge is 0.380 e. The summed E-state index contributed by atoms with van der Waals surface area (Å²) < 4.78 is 1.60. The van der Waals surface area contributed by atoms with Gasteiger partial charge in [0.15, 0.2) is 0 Å². The lowest BCUT2D eigenvalue weighted by Gasteiger charge is -2.46. The van der Waals surface area contributed by atoms with Gasteiger partial charge in [-0.15, -0.1) is 5.10 Å². The van der Waals surface area contributed by atoms with E-state index >= 15 is 0 Å². The van der Waals surface area contributed by atoms with E-state index in [1.165, 1.54) is 0 Å². The molecule has 0 radical (unpaired) electrons. The number of anilines is 1. The molecule has 0 aromatic carbocycles. The Labute approximate surface area is 126 Å². The normalized spacial score (nSPS) is 20.4. The van der Waals surface area contributed by atoms with Crippen LogP contribution in [0.1, 0.15) is 30.3 Å². The number of aliphatic hydroxyl groups is 1. The van der Waals surface area contributed by atoms with Crippen molar-refractivity contribution in [2.45, 2.75) is 24.4 Å². The summed E-state index contributed by atoms with van der Waals surface area (Å²) in [7, 11) is 1.77. The molecule has 4 rings (SSSR count). The molecule has 7 nitrogen and oxygen atoms in total. The third-order valence-corrected chi connectivity index (χ3v) is 4.25. The SMILES string of the molecule is Cn1nncc1C1(O)CN(c2cc(Cl)nc(C3CC3)n2)C1. The summed E-state index contributed by atoms with van der Waals surface area (Å²) in [5.74, 6) is 2.04. The highest BCUT2D eigenvalue weighted by Gasteiger charge is 2.46. The van der Waals surface area contributed by atoms with Crippen LogP contribution in [0.5, 0.6) is 0 Å². The topological polar surface area (TPSA) is 80.0 Å². The Morgan fingerprint density at radius 2 is 2.10 bits per heavy atom. The van der Waals surface area contributed by atoms with Gasteiger partial charge in [0.25, 0.3) is 0 Å². The average Bonchev–Trinajstić information content (AvgIpc) is 3.17. The molecule has 8 heteroatoms. The van der Waals surface area contributed by atoms with Gasteiger partial charge in [0.2, 0.25) is 0 Å². The van der Waals surface area contributed by atoms with Crippen molar-refractivity contribution >= 4 is 17.4 Å². The maximum atomic E-state index is 10.6. The van der Waals surface area contributed by atoms with Crippen molar-refractivity contribution in [1.82, 2.24) is 25.0 Å². The van der Waals surface area contributed by atoms with Crippen LogP contribution in [0.4, 0.5) is 5.82 Å². The lowest BCUT2D eigenvalue weighted by Crippen LogP contribution is -2.60. The third kappa shape index (κ3) is 2.16. The van der Waals surface area contributed by atoms with Gasteiger partial charge in [-0.2, -0.15) is 0 Å². The first kappa shape index (κ1) is 13.0. The van der Waals surface area contributed by atoms with E-state index in [1.807, 2.05) is 4.90 Å². The van der Waals surface area contributed by atoms with Crippen LogP contribution in [0.3, 0.4) is 0 Å². The predicted molar refractivity (Wildman–Crippen MR) is 76.1 cm³/mol. The van der Waals surface area contributed by atoms with Gasteiger partial charge in [-0.05, 0) is 12.8 Å². The molecule has 0 spiro atoms. The summed E-state index contributed by atoms with van der Waals surface area (Å²) in [6.45, 7) is 0.900. The van der Waals surface area contributed by atoms with Gasteiger partial charge in [0.1, 0.15) is 22.4 Å². The first-order valence-electron chi connectivity index (χ1n) is 6.92. The van der Waals surface area contributed by atoms with Crippen molar-refractivity contribution in [1.29, 1.82) is 0 Å². The van der Waals surface area contributed by atoms with E-state index in [9.17, 15) is 5.11 Å². The summed E-state index contributed by atoms with van der Waals surface area (Å²) in [5, 5.41) is 18.8. The lowest BCUT2D eigenvalue weighted by atomic mass is 9.91. The maximum Gasteiger partial charge on any atom is 0.142 e. The quantitative estimate of drug-likeness (QED) is 0.847. The zero-order valence-corrected chi connectivity index (χ0v) is 12.3. The lowest BCUT2D eigenvalue weighted by molar-refractivity contribution is -0.000532. The zero-order valence-electron chi connectivity index (χ0n) is 11.6. The van der Waals surface area contributed by atoms with Gasteiger partial charge in [0, 0.05) is 19.0 Å². The van der Waals surface area contributed by atoms with E-state index in [-0.39, 0.29) is 0 Å². The Morgan fingerprint density at radius 3 is 2.71 bits per heavy atom. The number of β-amino-alcohol motifs (C(OH)–C–C–N with tert-alkyl or cyclic N) is 1. The summed E-state index contributed by atoms with van der Waals surface area (Å²) in [5.41, 5.74) is -0.226. The molecular formula is C13H15ClN6O. The van der Waals surface area contributed by atoms with E-state index in [0.717, 1.165) is 24.5 Å². The van der Waals surface area contributed by atoms with Crippen molar-refractivity contribution in [2.75, 3.05) is 18.0 Å². The molecule has 0 unspecified atom stereocenters. The average molecular weight is 307 g/mol. The maximum absolute atomic E-state index is 10.6. The smallest absolute Gasteiger partial charge is 0.142 e. The third-order valence-electron chi connectivity index (χ3n) is 4.06. The Balaban J connectivity index is 1.56. The van der Waals surface area contributed by atoms with Gasteiger partial charge < -0.3 is 10.0 Å². The summed E-state index contributed by atoms with van der Waals surface area (Å²) >= 11 is 6.08. The molecule has 21 heavy (non-hydrogen) atoms. The molecule has 2 aromatic rings. The molecule has 0 bridgehead atoms. The summed E-state index contributed by atoms with van der Waals surface area (Å²) in [6, 6.07) is 1.74. The molecule has 2 aromatic heterocycles. The number of halogens is 1. The molecule has 1 aliphatic carbocycles. The molecule has 1 saturated carbocycles. The highest BCUT2D eigenvalue weighted by Crippen LogP contribution is 2.40. The monoisotopic (exact) mass is 306 g/mol. The van der Waals surface area contributed by atoms with E-state index in [1.54, 1.807) is 24.0 Å². The highest BCUT2D eigenvalue weighted by molar-refractivity contribution is 6.29. The molecule has 1 aliphatic heterocycles. The molecule has 110 valence electrons. The van der Waals surface area contributed by atoms with E-state index in [4.69, 9.17) is 11.6 Å². The van der Waals surface area contributed by atoms with Crippen LogP contribution in [-0.4, -0.2) is 43.2 Å². The minimum atomic E-state index is -0.935. The molecule has 1 saturated heterocycles. The Kier molecular flexibility index (Phi) is 2.71. The molecule has 0 amide bonds. The van der Waals surface area contributed by atoms with Crippen LogP contribution >= 0.6 is 11.6 Å². The van der Waals surface area contributed by atoms with Crippen LogP contribution in [0, 0.1) is 0 Å². The summed E-state index contributed by atoms with van der Waals surface area (Å²) in [4.78, 5) is 10.8. The van der Waals surface area contributed by atoms with Gasteiger partial charge in [0.05, 0.1) is 25.0 Å². The fourth-order valence-electron chi connectivity index (χ4n) is 2.73. The number of hydrogen-bond acceptors (Lipinski definition) is 6. The van der Waals surface area contributed by atoms with Crippen LogP contribution in [0.25, 0.3) is 0 Å². The fraction of sp³-hybridized carbons (Fsp3) is 0.538. The predicted octanol–water partition coefficient (Wildman–Crippen LogP) is 0.844. The number of hydrogen-bond donors (Lipinski definition) is 1. The van der Waals surface area contributed by atoms with E-state index in [0.29, 0.717) is 29.9 Å². The fourth-order valence-corrected chi connectivity index (χ4v) is 2.91. The van der Waals surface area contributed by atoms with Crippen LogP contribution in [0.2, 0.25) is 5.15 Å². The molecule has 2 fully saturated rings. The van der Waals surface area contributed by atoms with Gasteiger partial charge >= 0.3 is 0 Å². The van der Waals surface area contributed by atoms with Gasteiger partial charge in [-0.1, -0.05) is 16.8 Å². The minimum Gasteiger partial charge on any atom is -0.380 e. The Bertz CT molecular complexity index is 692. The second-order valence-corrected chi connectivity index (χ2v) is 6.20. The van der Waals surface area contributed by atoms with Crippen LogP contribution < -0.4 is 4.90 Å². The highest BCUT2D eigenvalue weighted by atomic mass is 35.5. The number of aryl methyl sites for hydroxylation is 1. The van der Waals surface area contributed by atoms with Crippen molar-refractivity contribution < 1.29 is 5.11 Å². The second-order valence-electron chi connectivity index (χ2n) is 5.81. The van der Waals surface area contributed by atoms with Crippen molar-refractivity contribution in [3.05, 3.63) is 28.9 Å². The standard InChI is InChI=1S/C13H15ClN6O/c1-19-9(5-15-18-19)13(21)6-20(7-13)11-4-10(14)16-12(17-11)8-2-3-8/h4-5,8,21H,2-3,6-7H2,1H3. The zero-order chi connectivity index (χ0) is 14.6. The second kappa shape index (κ2) is 4.38. The minimum absolute atomic E-state index is 0.448. The van der Waals surface area contributed by atoms with Gasteiger partial charge in [-0.25, -0.2) is 14.6 Å². The van der Waals surface area contributed by atoms with Gasteiger partial charge in [-0.3, -0.25) is 0 Å². The Hall–Kier alpha value is -1.73. The molecular weight excluding hydrogens is 292 g/mol. The first-order valence-corrected chi connectivity index (χ1v) is 7.30. The Morgan fingerprint density at radius 1 is 1.33 bits per heavy atom. The molecule has 1 N–H and O–H groups in total. The first-order chi connectivity index (χ1) is 10.0. The molecule has 2 aliphatic rings.